The highest BCUT2D eigenvalue weighted by Gasteiger charge is 2.05. The number of esters is 1. The Morgan fingerprint density at radius 1 is 1.04 bits per heavy atom. The lowest BCUT2D eigenvalue weighted by atomic mass is 10.1. The van der Waals surface area contributed by atoms with Crippen molar-refractivity contribution in [1.82, 2.24) is 0 Å². The largest absolute Gasteiger partial charge is 0.496 e. The average molecular weight is 308 g/mol. The Hall–Kier alpha value is -3.14. The summed E-state index contributed by atoms with van der Waals surface area (Å²) in [7, 11) is 1.58. The minimum atomic E-state index is -0.542. The van der Waals surface area contributed by atoms with Crippen LogP contribution in [0, 0.1) is 0 Å². The normalized spacial score (nSPS) is 10.3. The molecule has 0 N–H and O–H groups in total. The Kier molecular flexibility index (Phi) is 5.47. The maximum Gasteiger partial charge on any atom is 0.335 e. The third-order valence-electron chi connectivity index (χ3n) is 3.08. The zero-order valence-electron chi connectivity index (χ0n) is 12.7. The fraction of sp³-hybridized carbons (Fsp3) is 0.0526. The van der Waals surface area contributed by atoms with Crippen LogP contribution in [0.5, 0.6) is 11.5 Å². The molecule has 0 spiro atoms. The summed E-state index contributed by atoms with van der Waals surface area (Å²) in [4.78, 5) is 23.2. The monoisotopic (exact) mass is 308 g/mol. The molecule has 2 aromatic carbocycles. The van der Waals surface area contributed by atoms with Crippen LogP contribution >= 0.6 is 0 Å². The molecule has 0 saturated carbocycles. The summed E-state index contributed by atoms with van der Waals surface area (Å²) in [6.07, 6.45) is 4.25. The fourth-order valence-electron chi connectivity index (χ4n) is 1.91. The van der Waals surface area contributed by atoms with Crippen molar-refractivity contribution in [2.45, 2.75) is 0 Å². The first kappa shape index (κ1) is 16.2. The second-order valence-corrected chi connectivity index (χ2v) is 4.59. The molecule has 0 amide bonds. The molecule has 4 nitrogen and oxygen atoms in total. The van der Waals surface area contributed by atoms with Gasteiger partial charge >= 0.3 is 5.97 Å². The van der Waals surface area contributed by atoms with Gasteiger partial charge in [0.05, 0.1) is 7.11 Å². The van der Waals surface area contributed by atoms with Crippen LogP contribution < -0.4 is 9.47 Å². The molecule has 0 aliphatic carbocycles. The number of hydrogen-bond donors (Lipinski definition) is 0. The van der Waals surface area contributed by atoms with Crippen LogP contribution in [-0.2, 0) is 4.79 Å². The predicted octanol–water partition coefficient (Wildman–Crippen LogP) is 3.68. The van der Waals surface area contributed by atoms with Crippen molar-refractivity contribution in [3.63, 3.8) is 0 Å². The second-order valence-electron chi connectivity index (χ2n) is 4.59. The molecule has 2 rings (SSSR count). The summed E-state index contributed by atoms with van der Waals surface area (Å²) in [6, 6.07) is 13.7. The number of allylic oxidation sites excluding steroid dienone is 1. The van der Waals surface area contributed by atoms with E-state index >= 15 is 0 Å². The highest BCUT2D eigenvalue weighted by atomic mass is 16.5. The number of methoxy groups -OCH3 is 1. The minimum Gasteiger partial charge on any atom is -0.496 e. The third kappa shape index (κ3) is 4.41. The van der Waals surface area contributed by atoms with Gasteiger partial charge in [0.15, 0.2) is 5.78 Å². The maximum atomic E-state index is 12.2. The molecule has 0 aliphatic rings. The number of carbonyl (C=O) groups is 2. The Labute approximate surface area is 134 Å². The van der Waals surface area contributed by atoms with Crippen molar-refractivity contribution in [2.24, 2.45) is 0 Å². The van der Waals surface area contributed by atoms with Crippen LogP contribution in [0.1, 0.15) is 15.9 Å². The molecule has 0 aromatic heterocycles. The summed E-state index contributed by atoms with van der Waals surface area (Å²) in [5.74, 6) is 0.362. The number of rotatable bonds is 6. The number of ketones is 1. The van der Waals surface area contributed by atoms with E-state index in [9.17, 15) is 9.59 Å². The molecule has 0 radical (unpaired) electrons. The van der Waals surface area contributed by atoms with Gasteiger partial charge in [-0.15, -0.1) is 0 Å². The highest BCUT2D eigenvalue weighted by Crippen LogP contribution is 2.19. The van der Waals surface area contributed by atoms with E-state index in [1.54, 1.807) is 37.5 Å². The van der Waals surface area contributed by atoms with Crippen LogP contribution in [0.2, 0.25) is 0 Å². The van der Waals surface area contributed by atoms with Crippen LogP contribution in [0.3, 0.4) is 0 Å². The lowest BCUT2D eigenvalue weighted by Gasteiger charge is -2.04. The molecule has 0 unspecified atom stereocenters. The van der Waals surface area contributed by atoms with Gasteiger partial charge in [0.1, 0.15) is 11.5 Å². The first-order valence-electron chi connectivity index (χ1n) is 6.94. The van der Waals surface area contributed by atoms with E-state index in [-0.39, 0.29) is 5.78 Å². The van der Waals surface area contributed by atoms with Gasteiger partial charge in [-0.05, 0) is 42.5 Å². The van der Waals surface area contributed by atoms with E-state index in [0.717, 1.165) is 11.6 Å². The molecule has 2 aromatic rings. The van der Waals surface area contributed by atoms with E-state index in [2.05, 4.69) is 6.58 Å². The van der Waals surface area contributed by atoms with Crippen molar-refractivity contribution < 1.29 is 19.1 Å². The number of para-hydroxylation sites is 1. The molecule has 0 heterocycles. The Morgan fingerprint density at radius 3 is 2.39 bits per heavy atom. The first-order chi connectivity index (χ1) is 11.1. The zero-order chi connectivity index (χ0) is 16.7. The van der Waals surface area contributed by atoms with Crippen LogP contribution in [-0.4, -0.2) is 18.9 Å². The minimum absolute atomic E-state index is 0.155. The van der Waals surface area contributed by atoms with Gasteiger partial charge in [-0.2, -0.15) is 0 Å². The SMILES string of the molecule is C=CC(=O)Oc1ccc(C(=O)/C=C/c2ccccc2OC)cc1. The van der Waals surface area contributed by atoms with Crippen LogP contribution in [0.4, 0.5) is 0 Å². The zero-order valence-corrected chi connectivity index (χ0v) is 12.7. The number of hydrogen-bond acceptors (Lipinski definition) is 4. The van der Waals surface area contributed by atoms with Gasteiger partial charge < -0.3 is 9.47 Å². The molecular formula is C19H16O4. The summed E-state index contributed by atoms with van der Waals surface area (Å²) in [5.41, 5.74) is 1.31. The fourth-order valence-corrected chi connectivity index (χ4v) is 1.91. The summed E-state index contributed by atoms with van der Waals surface area (Å²) < 4.78 is 10.2. The lowest BCUT2D eigenvalue weighted by Crippen LogP contribution is -2.03. The Balaban J connectivity index is 2.10. The molecule has 116 valence electrons. The Morgan fingerprint density at radius 2 is 1.74 bits per heavy atom. The summed E-state index contributed by atoms with van der Waals surface area (Å²) in [6.45, 7) is 3.32. The molecule has 0 fully saturated rings. The van der Waals surface area contributed by atoms with Crippen LogP contribution in [0.15, 0.2) is 67.3 Å². The first-order valence-corrected chi connectivity index (χ1v) is 6.94. The number of benzene rings is 2. The van der Waals surface area contributed by atoms with Crippen molar-refractivity contribution >= 4 is 17.8 Å². The molecule has 0 atom stereocenters. The molecule has 0 aliphatic heterocycles. The summed E-state index contributed by atoms with van der Waals surface area (Å²) >= 11 is 0. The van der Waals surface area contributed by atoms with Gasteiger partial charge in [0.25, 0.3) is 0 Å². The quantitative estimate of drug-likeness (QED) is 0.353. The Bertz CT molecular complexity index is 742. The van der Waals surface area contributed by atoms with Crippen molar-refractivity contribution in [1.29, 1.82) is 0 Å². The van der Waals surface area contributed by atoms with E-state index in [1.165, 1.54) is 6.08 Å². The van der Waals surface area contributed by atoms with Gasteiger partial charge in [0.2, 0.25) is 0 Å². The van der Waals surface area contributed by atoms with E-state index in [0.29, 0.717) is 17.1 Å². The smallest absolute Gasteiger partial charge is 0.335 e. The average Bonchev–Trinajstić information content (AvgIpc) is 2.60. The van der Waals surface area contributed by atoms with Gasteiger partial charge in [0, 0.05) is 17.2 Å². The van der Waals surface area contributed by atoms with Crippen molar-refractivity contribution in [3.05, 3.63) is 78.4 Å². The third-order valence-corrected chi connectivity index (χ3v) is 3.08. The predicted molar refractivity (Wildman–Crippen MR) is 88.6 cm³/mol. The molecular weight excluding hydrogens is 292 g/mol. The standard InChI is InChI=1S/C19H16O4/c1-3-19(21)23-16-11-8-14(9-12-16)17(20)13-10-15-6-4-5-7-18(15)22-2/h3-13H,1H2,2H3/b13-10+. The number of carbonyl (C=O) groups excluding carboxylic acids is 2. The summed E-state index contributed by atoms with van der Waals surface area (Å²) in [5, 5.41) is 0. The number of ether oxygens (including phenoxy) is 2. The van der Waals surface area contributed by atoms with Gasteiger partial charge in [-0.25, -0.2) is 4.79 Å². The molecule has 23 heavy (non-hydrogen) atoms. The topological polar surface area (TPSA) is 52.6 Å². The van der Waals surface area contributed by atoms with E-state index in [1.807, 2.05) is 24.3 Å². The van der Waals surface area contributed by atoms with Crippen molar-refractivity contribution in [2.75, 3.05) is 7.11 Å². The van der Waals surface area contributed by atoms with E-state index < -0.39 is 5.97 Å². The molecule has 4 heteroatoms. The van der Waals surface area contributed by atoms with E-state index in [4.69, 9.17) is 9.47 Å². The van der Waals surface area contributed by atoms with Gasteiger partial charge in [-0.1, -0.05) is 24.8 Å². The molecule has 0 bridgehead atoms. The maximum absolute atomic E-state index is 12.2. The highest BCUT2D eigenvalue weighted by molar-refractivity contribution is 6.07. The molecule has 0 saturated heterocycles. The van der Waals surface area contributed by atoms with Gasteiger partial charge in [-0.3, -0.25) is 4.79 Å². The second kappa shape index (κ2) is 7.75. The lowest BCUT2D eigenvalue weighted by molar-refractivity contribution is -0.128. The van der Waals surface area contributed by atoms with Crippen molar-refractivity contribution in [3.8, 4) is 11.5 Å². The van der Waals surface area contributed by atoms with Crippen LogP contribution in [0.25, 0.3) is 6.08 Å².